The fourth-order valence-electron chi connectivity index (χ4n) is 3.62. The maximum Gasteiger partial charge on any atom is 0.244 e. The molecule has 186 valence electrons. The van der Waals surface area contributed by atoms with E-state index in [9.17, 15) is 18.0 Å². The van der Waals surface area contributed by atoms with Crippen molar-refractivity contribution in [1.82, 2.24) is 10.2 Å². The van der Waals surface area contributed by atoms with Gasteiger partial charge in [-0.25, -0.2) is 8.42 Å². The molecule has 2 amide bonds. The summed E-state index contributed by atoms with van der Waals surface area (Å²) in [5, 5.41) is 2.93. The van der Waals surface area contributed by atoms with Crippen LogP contribution in [0.4, 0.5) is 5.69 Å². The van der Waals surface area contributed by atoms with Gasteiger partial charge in [0.1, 0.15) is 12.6 Å². The van der Waals surface area contributed by atoms with E-state index in [2.05, 4.69) is 5.32 Å². The van der Waals surface area contributed by atoms with Crippen molar-refractivity contribution in [2.75, 3.05) is 17.1 Å². The van der Waals surface area contributed by atoms with Gasteiger partial charge >= 0.3 is 0 Å². The first-order chi connectivity index (χ1) is 15.8. The molecule has 0 radical (unpaired) electrons. The zero-order valence-electron chi connectivity index (χ0n) is 21.3. The molecule has 0 unspecified atom stereocenters. The second-order valence-electron chi connectivity index (χ2n) is 9.06. The number of hydrogen-bond donors (Lipinski definition) is 1. The molecule has 2 aromatic rings. The van der Waals surface area contributed by atoms with Crippen LogP contribution in [0, 0.1) is 20.8 Å². The SMILES string of the molecule is CC[C@H](C)NC(=O)[C@@H](C)N(Cc1ccc(C)cc1)C(=O)CN(c1ccc(C)cc1C)S(C)(=O)=O. The summed E-state index contributed by atoms with van der Waals surface area (Å²) in [4.78, 5) is 27.9. The Morgan fingerprint density at radius 2 is 1.56 bits per heavy atom. The number of aryl methyl sites for hydroxylation is 3. The Kier molecular flexibility index (Phi) is 9.27. The third-order valence-electron chi connectivity index (χ3n) is 5.94. The van der Waals surface area contributed by atoms with Crippen LogP contribution >= 0.6 is 0 Å². The summed E-state index contributed by atoms with van der Waals surface area (Å²) in [6, 6.07) is 12.3. The number of benzene rings is 2. The Morgan fingerprint density at radius 1 is 0.971 bits per heavy atom. The lowest BCUT2D eigenvalue weighted by molar-refractivity contribution is -0.139. The number of nitrogens with zero attached hydrogens (tertiary/aromatic N) is 2. The fraction of sp³-hybridized carbons (Fsp3) is 0.462. The van der Waals surface area contributed by atoms with Crippen molar-refractivity contribution >= 4 is 27.5 Å². The molecule has 0 heterocycles. The Morgan fingerprint density at radius 3 is 2.09 bits per heavy atom. The molecule has 0 saturated carbocycles. The molecule has 0 bridgehead atoms. The first-order valence-corrected chi connectivity index (χ1v) is 13.4. The van der Waals surface area contributed by atoms with Crippen LogP contribution in [0.5, 0.6) is 0 Å². The molecule has 1 N–H and O–H groups in total. The van der Waals surface area contributed by atoms with Gasteiger partial charge in [0, 0.05) is 12.6 Å². The monoisotopic (exact) mass is 487 g/mol. The highest BCUT2D eigenvalue weighted by Crippen LogP contribution is 2.24. The van der Waals surface area contributed by atoms with E-state index in [1.165, 1.54) is 4.90 Å². The zero-order valence-corrected chi connectivity index (χ0v) is 22.1. The minimum absolute atomic E-state index is 0.0333. The highest BCUT2D eigenvalue weighted by Gasteiger charge is 2.30. The largest absolute Gasteiger partial charge is 0.352 e. The van der Waals surface area contributed by atoms with E-state index >= 15 is 0 Å². The van der Waals surface area contributed by atoms with E-state index in [0.29, 0.717) is 5.69 Å². The Balaban J connectivity index is 2.41. The number of carbonyl (C=O) groups is 2. The van der Waals surface area contributed by atoms with Crippen molar-refractivity contribution in [1.29, 1.82) is 0 Å². The van der Waals surface area contributed by atoms with Crippen molar-refractivity contribution in [3.63, 3.8) is 0 Å². The lowest BCUT2D eigenvalue weighted by atomic mass is 10.1. The number of carbonyl (C=O) groups excluding carboxylic acids is 2. The van der Waals surface area contributed by atoms with Gasteiger partial charge in [0.25, 0.3) is 0 Å². The molecule has 2 rings (SSSR count). The first-order valence-electron chi connectivity index (χ1n) is 11.5. The second kappa shape index (κ2) is 11.5. The molecule has 8 heteroatoms. The predicted molar refractivity (Wildman–Crippen MR) is 137 cm³/mol. The van der Waals surface area contributed by atoms with Gasteiger partial charge in [-0.3, -0.25) is 13.9 Å². The van der Waals surface area contributed by atoms with Gasteiger partial charge < -0.3 is 10.2 Å². The van der Waals surface area contributed by atoms with Crippen LogP contribution in [0.15, 0.2) is 42.5 Å². The van der Waals surface area contributed by atoms with E-state index in [1.54, 1.807) is 13.0 Å². The number of nitrogens with one attached hydrogen (secondary N) is 1. The van der Waals surface area contributed by atoms with Crippen LogP contribution in [0.3, 0.4) is 0 Å². The maximum absolute atomic E-state index is 13.6. The van der Waals surface area contributed by atoms with Gasteiger partial charge in [0.15, 0.2) is 0 Å². The zero-order chi connectivity index (χ0) is 25.6. The number of anilines is 1. The molecule has 2 atom stereocenters. The molecule has 7 nitrogen and oxygen atoms in total. The number of rotatable bonds is 10. The van der Waals surface area contributed by atoms with Crippen LogP contribution in [-0.4, -0.2) is 50.0 Å². The first kappa shape index (κ1) is 27.4. The minimum Gasteiger partial charge on any atom is -0.352 e. The highest BCUT2D eigenvalue weighted by atomic mass is 32.2. The Labute approximate surface area is 204 Å². The van der Waals surface area contributed by atoms with Crippen LogP contribution < -0.4 is 9.62 Å². The van der Waals surface area contributed by atoms with Crippen LogP contribution in [-0.2, 0) is 26.2 Å². The van der Waals surface area contributed by atoms with Crippen LogP contribution in [0.2, 0.25) is 0 Å². The average molecular weight is 488 g/mol. The van der Waals surface area contributed by atoms with E-state index in [4.69, 9.17) is 0 Å². The summed E-state index contributed by atoms with van der Waals surface area (Å²) in [5.41, 5.74) is 4.15. The number of sulfonamides is 1. The summed E-state index contributed by atoms with van der Waals surface area (Å²) < 4.78 is 26.5. The van der Waals surface area contributed by atoms with Crippen molar-refractivity contribution in [3.05, 3.63) is 64.7 Å². The lowest BCUT2D eigenvalue weighted by Crippen LogP contribution is -2.52. The van der Waals surface area contributed by atoms with Crippen molar-refractivity contribution < 1.29 is 18.0 Å². The van der Waals surface area contributed by atoms with Gasteiger partial charge in [0.05, 0.1) is 11.9 Å². The van der Waals surface area contributed by atoms with Crippen molar-refractivity contribution in [2.24, 2.45) is 0 Å². The van der Waals surface area contributed by atoms with Gasteiger partial charge in [-0.1, -0.05) is 54.4 Å². The summed E-state index contributed by atoms with van der Waals surface area (Å²) in [7, 11) is -3.74. The average Bonchev–Trinajstić information content (AvgIpc) is 2.76. The van der Waals surface area contributed by atoms with Crippen molar-refractivity contribution in [2.45, 2.75) is 66.6 Å². The van der Waals surface area contributed by atoms with Gasteiger partial charge in [-0.2, -0.15) is 0 Å². The summed E-state index contributed by atoms with van der Waals surface area (Å²) in [6.07, 6.45) is 1.85. The normalized spacial score (nSPS) is 13.1. The van der Waals surface area contributed by atoms with E-state index in [-0.39, 0.29) is 18.5 Å². The van der Waals surface area contributed by atoms with Gasteiger partial charge in [0.2, 0.25) is 21.8 Å². The van der Waals surface area contributed by atoms with Gasteiger partial charge in [-0.15, -0.1) is 0 Å². The van der Waals surface area contributed by atoms with E-state index < -0.39 is 28.5 Å². The molecule has 0 aromatic heterocycles. The summed E-state index contributed by atoms with van der Waals surface area (Å²) in [6.45, 7) is 11.1. The molecule has 0 spiro atoms. The second-order valence-corrected chi connectivity index (χ2v) is 11.0. The minimum atomic E-state index is -3.74. The Bertz CT molecular complexity index is 1110. The summed E-state index contributed by atoms with van der Waals surface area (Å²) in [5.74, 6) is -0.718. The highest BCUT2D eigenvalue weighted by molar-refractivity contribution is 7.92. The molecule has 0 aliphatic rings. The molecule has 0 aliphatic heterocycles. The smallest absolute Gasteiger partial charge is 0.244 e. The van der Waals surface area contributed by atoms with Crippen molar-refractivity contribution in [3.8, 4) is 0 Å². The molecular formula is C26H37N3O4S. The third-order valence-corrected chi connectivity index (χ3v) is 7.07. The molecule has 34 heavy (non-hydrogen) atoms. The van der Waals surface area contributed by atoms with Crippen LogP contribution in [0.25, 0.3) is 0 Å². The Hall–Kier alpha value is -2.87. The number of hydrogen-bond acceptors (Lipinski definition) is 4. The molecule has 0 saturated heterocycles. The molecule has 0 aliphatic carbocycles. The standard InChI is InChI=1S/C26H37N3O4S/c1-8-21(5)27-26(31)22(6)28(16-23-12-9-18(2)10-13-23)25(30)17-29(34(7,32)33)24-14-11-19(3)15-20(24)4/h9-15,21-22H,8,16-17H2,1-7H3,(H,27,31)/t21-,22+/m0/s1. The molecule has 0 fully saturated rings. The predicted octanol–water partition coefficient (Wildman–Crippen LogP) is 3.71. The third kappa shape index (κ3) is 7.32. The quantitative estimate of drug-likeness (QED) is 0.554. The van der Waals surface area contributed by atoms with E-state index in [0.717, 1.165) is 39.2 Å². The van der Waals surface area contributed by atoms with Gasteiger partial charge in [-0.05, 0) is 58.2 Å². The topological polar surface area (TPSA) is 86.8 Å². The summed E-state index contributed by atoms with van der Waals surface area (Å²) >= 11 is 0. The maximum atomic E-state index is 13.6. The number of amides is 2. The molecule has 2 aromatic carbocycles. The van der Waals surface area contributed by atoms with E-state index in [1.807, 2.05) is 71.0 Å². The fourth-order valence-corrected chi connectivity index (χ4v) is 4.53. The van der Waals surface area contributed by atoms with Crippen LogP contribution in [0.1, 0.15) is 49.4 Å². The molecular weight excluding hydrogens is 450 g/mol. The lowest BCUT2D eigenvalue weighted by Gasteiger charge is -2.32.